The zero-order chi connectivity index (χ0) is 23.5. The Morgan fingerprint density at radius 2 is 1.67 bits per heavy atom. The largest absolute Gasteiger partial charge is 0.507 e. The molecule has 1 unspecified atom stereocenters. The van der Waals surface area contributed by atoms with Crippen LogP contribution in [0.3, 0.4) is 0 Å². The normalized spacial score (nSPS) is 17.3. The van der Waals surface area contributed by atoms with Gasteiger partial charge >= 0.3 is 5.97 Å². The fraction of sp³-hybridized carbons (Fsp3) is 0.148. The molecule has 4 rings (SSSR count). The van der Waals surface area contributed by atoms with Gasteiger partial charge in [0.1, 0.15) is 11.5 Å². The number of ether oxygens (including phenoxy) is 1. The number of hydrogen-bond acceptors (Lipinski definition) is 5. The molecule has 1 saturated heterocycles. The second-order valence-corrected chi connectivity index (χ2v) is 7.72. The van der Waals surface area contributed by atoms with Gasteiger partial charge in [-0.15, -0.1) is 0 Å². The van der Waals surface area contributed by atoms with E-state index in [1.54, 1.807) is 66.7 Å². The maximum atomic E-state index is 13.2. The van der Waals surface area contributed by atoms with E-state index < -0.39 is 23.7 Å². The fourth-order valence-corrected chi connectivity index (χ4v) is 3.97. The first-order valence-corrected chi connectivity index (χ1v) is 10.6. The van der Waals surface area contributed by atoms with Crippen molar-refractivity contribution in [2.45, 2.75) is 26.3 Å². The van der Waals surface area contributed by atoms with Gasteiger partial charge in [-0.1, -0.05) is 61.5 Å². The molecule has 1 amide bonds. The average molecular weight is 441 g/mol. The molecule has 6 heteroatoms. The Bertz CT molecular complexity index is 1250. The average Bonchev–Trinajstić information content (AvgIpc) is 3.09. The minimum atomic E-state index is -0.895. The Morgan fingerprint density at radius 1 is 0.970 bits per heavy atom. The lowest BCUT2D eigenvalue weighted by Gasteiger charge is -2.26. The molecule has 1 aliphatic rings. The summed E-state index contributed by atoms with van der Waals surface area (Å²) in [4.78, 5) is 39.2. The van der Waals surface area contributed by atoms with E-state index in [1.165, 1.54) is 11.8 Å². The first kappa shape index (κ1) is 22.0. The summed E-state index contributed by atoms with van der Waals surface area (Å²) in [5.41, 5.74) is 2.56. The molecule has 1 N–H and O–H groups in total. The molecule has 3 aromatic carbocycles. The van der Waals surface area contributed by atoms with Crippen LogP contribution < -0.4 is 9.64 Å². The number of carbonyl (C=O) groups excluding carboxylic acids is 3. The van der Waals surface area contributed by atoms with Crippen LogP contribution in [0, 0.1) is 0 Å². The van der Waals surface area contributed by atoms with Gasteiger partial charge in [0, 0.05) is 18.2 Å². The van der Waals surface area contributed by atoms with Crippen molar-refractivity contribution in [1.82, 2.24) is 0 Å². The van der Waals surface area contributed by atoms with Crippen molar-refractivity contribution in [3.63, 3.8) is 0 Å². The predicted octanol–water partition coefficient (Wildman–Crippen LogP) is 4.80. The molecule has 6 nitrogen and oxygen atoms in total. The van der Waals surface area contributed by atoms with E-state index in [0.29, 0.717) is 16.8 Å². The lowest BCUT2D eigenvalue weighted by Crippen LogP contribution is -2.29. The second kappa shape index (κ2) is 9.12. The molecule has 0 saturated carbocycles. The molecule has 1 heterocycles. The number of Topliss-reactive ketones (excluding diaryl/α,β-unsaturated/α-hetero) is 1. The highest BCUT2D eigenvalue weighted by Crippen LogP contribution is 2.42. The van der Waals surface area contributed by atoms with Gasteiger partial charge in [0.15, 0.2) is 0 Å². The van der Waals surface area contributed by atoms with Crippen LogP contribution in [0.1, 0.15) is 36.6 Å². The Hall–Kier alpha value is -4.19. The van der Waals surface area contributed by atoms with Crippen LogP contribution in [-0.4, -0.2) is 22.8 Å². The molecule has 0 bridgehead atoms. The maximum absolute atomic E-state index is 13.2. The molecule has 3 aromatic rings. The predicted molar refractivity (Wildman–Crippen MR) is 125 cm³/mol. The minimum Gasteiger partial charge on any atom is -0.507 e. The summed E-state index contributed by atoms with van der Waals surface area (Å²) < 4.78 is 5.21. The molecule has 166 valence electrons. The van der Waals surface area contributed by atoms with Gasteiger partial charge in [-0.25, -0.2) is 0 Å². The molecule has 0 aromatic heterocycles. The quantitative estimate of drug-likeness (QED) is 0.202. The highest BCUT2D eigenvalue weighted by atomic mass is 16.5. The van der Waals surface area contributed by atoms with E-state index in [1.807, 2.05) is 19.1 Å². The molecule has 0 spiro atoms. The molecule has 0 aliphatic carbocycles. The maximum Gasteiger partial charge on any atom is 0.308 e. The topological polar surface area (TPSA) is 83.9 Å². The van der Waals surface area contributed by atoms with E-state index in [9.17, 15) is 19.5 Å². The Kier molecular flexibility index (Phi) is 6.09. The van der Waals surface area contributed by atoms with E-state index in [2.05, 4.69) is 0 Å². The standard InChI is InChI=1S/C27H23NO5/c1-3-18-12-14-21(15-13-18)28-24(20-10-7-11-22(16-20)33-17(2)29)23(26(31)27(28)32)25(30)19-8-5-4-6-9-19/h4-16,24,30H,3H2,1-2H3/b25-23-. The Balaban J connectivity index is 1.92. The molecular weight excluding hydrogens is 418 g/mol. The summed E-state index contributed by atoms with van der Waals surface area (Å²) in [6, 6.07) is 21.7. The smallest absolute Gasteiger partial charge is 0.308 e. The number of ketones is 1. The number of benzene rings is 3. The van der Waals surface area contributed by atoms with Gasteiger partial charge < -0.3 is 9.84 Å². The van der Waals surface area contributed by atoms with Crippen molar-refractivity contribution in [3.05, 3.63) is 101 Å². The summed E-state index contributed by atoms with van der Waals surface area (Å²) in [6.07, 6.45) is 0.834. The molecule has 1 atom stereocenters. The number of esters is 1. The molecule has 1 aliphatic heterocycles. The molecule has 33 heavy (non-hydrogen) atoms. The number of amides is 1. The molecule has 0 radical (unpaired) electrons. The molecular formula is C27H23NO5. The Labute approximate surface area is 191 Å². The van der Waals surface area contributed by atoms with Crippen molar-refractivity contribution in [1.29, 1.82) is 0 Å². The zero-order valence-electron chi connectivity index (χ0n) is 18.3. The van der Waals surface area contributed by atoms with Gasteiger partial charge in [-0.05, 0) is 41.8 Å². The van der Waals surface area contributed by atoms with Crippen LogP contribution in [0.4, 0.5) is 5.69 Å². The molecule has 1 fully saturated rings. The summed E-state index contributed by atoms with van der Waals surface area (Å²) in [5.74, 6) is -1.98. The zero-order valence-corrected chi connectivity index (χ0v) is 18.3. The van der Waals surface area contributed by atoms with Crippen LogP contribution >= 0.6 is 0 Å². The highest BCUT2D eigenvalue weighted by molar-refractivity contribution is 6.51. The third-order valence-electron chi connectivity index (χ3n) is 5.55. The van der Waals surface area contributed by atoms with Gasteiger partial charge in [-0.2, -0.15) is 0 Å². The van der Waals surface area contributed by atoms with Crippen LogP contribution in [0.5, 0.6) is 5.75 Å². The SMILES string of the molecule is CCc1ccc(N2C(=O)C(=O)/C(=C(\O)c3ccccc3)C2c2cccc(OC(C)=O)c2)cc1. The number of aryl methyl sites for hydroxylation is 1. The third kappa shape index (κ3) is 4.28. The van der Waals surface area contributed by atoms with Crippen LogP contribution in [0.2, 0.25) is 0 Å². The van der Waals surface area contributed by atoms with Crippen molar-refractivity contribution in [2.75, 3.05) is 4.90 Å². The lowest BCUT2D eigenvalue weighted by atomic mass is 9.95. The number of carbonyl (C=O) groups is 3. The van der Waals surface area contributed by atoms with Crippen LogP contribution in [-0.2, 0) is 20.8 Å². The summed E-state index contributed by atoms with van der Waals surface area (Å²) in [6.45, 7) is 3.32. The van der Waals surface area contributed by atoms with Crippen molar-refractivity contribution in [2.24, 2.45) is 0 Å². The van der Waals surface area contributed by atoms with Crippen LogP contribution in [0.15, 0.2) is 84.4 Å². The van der Waals surface area contributed by atoms with Crippen molar-refractivity contribution in [3.8, 4) is 5.75 Å². The van der Waals surface area contributed by atoms with E-state index in [0.717, 1.165) is 12.0 Å². The number of aliphatic hydroxyl groups is 1. The van der Waals surface area contributed by atoms with E-state index in [4.69, 9.17) is 4.74 Å². The first-order valence-electron chi connectivity index (χ1n) is 10.6. The van der Waals surface area contributed by atoms with Gasteiger partial charge in [0.2, 0.25) is 0 Å². The number of hydrogen-bond donors (Lipinski definition) is 1. The third-order valence-corrected chi connectivity index (χ3v) is 5.55. The lowest BCUT2D eigenvalue weighted by molar-refractivity contribution is -0.132. The summed E-state index contributed by atoms with van der Waals surface area (Å²) in [7, 11) is 0. The highest BCUT2D eigenvalue weighted by Gasteiger charge is 2.47. The monoisotopic (exact) mass is 441 g/mol. The fourth-order valence-electron chi connectivity index (χ4n) is 3.97. The van der Waals surface area contributed by atoms with Crippen molar-refractivity contribution < 1.29 is 24.2 Å². The number of aliphatic hydroxyl groups excluding tert-OH is 1. The Morgan fingerprint density at radius 3 is 2.30 bits per heavy atom. The van der Waals surface area contributed by atoms with Crippen LogP contribution in [0.25, 0.3) is 5.76 Å². The summed E-state index contributed by atoms with van der Waals surface area (Å²) >= 11 is 0. The number of anilines is 1. The minimum absolute atomic E-state index is 0.0225. The first-order chi connectivity index (χ1) is 15.9. The number of rotatable bonds is 5. The number of nitrogens with zero attached hydrogens (tertiary/aromatic N) is 1. The second-order valence-electron chi connectivity index (χ2n) is 7.72. The summed E-state index contributed by atoms with van der Waals surface area (Å²) in [5, 5.41) is 11.1. The van der Waals surface area contributed by atoms with E-state index in [-0.39, 0.29) is 17.1 Å². The van der Waals surface area contributed by atoms with Gasteiger partial charge in [-0.3, -0.25) is 19.3 Å². The van der Waals surface area contributed by atoms with Gasteiger partial charge in [0.25, 0.3) is 11.7 Å². The van der Waals surface area contributed by atoms with Crippen molar-refractivity contribution >= 4 is 29.1 Å². The van der Waals surface area contributed by atoms with Gasteiger partial charge in [0.05, 0.1) is 11.6 Å². The van der Waals surface area contributed by atoms with E-state index >= 15 is 0 Å².